The van der Waals surface area contributed by atoms with Crippen LogP contribution in [0.15, 0.2) is 47.6 Å². The molecule has 11 nitrogen and oxygen atoms in total. The number of carbonyl (C=O) groups is 2. The van der Waals surface area contributed by atoms with Crippen LogP contribution in [0.25, 0.3) is 0 Å². The van der Waals surface area contributed by atoms with Crippen LogP contribution >= 0.6 is 0 Å². The molecule has 2 amide bonds. The number of cyclic esters (lactones) is 1. The van der Waals surface area contributed by atoms with Crippen LogP contribution in [0.3, 0.4) is 0 Å². The summed E-state index contributed by atoms with van der Waals surface area (Å²) in [6, 6.07) is 6.24. The second kappa shape index (κ2) is 10.0. The highest BCUT2D eigenvalue weighted by Crippen LogP contribution is 2.29. The number of hydrogen-bond acceptors (Lipinski definition) is 8. The lowest BCUT2D eigenvalue weighted by molar-refractivity contribution is -0.131. The number of imidazole rings is 1. The number of halogens is 1. The highest BCUT2D eigenvalue weighted by Gasteiger charge is 2.33. The molecule has 12 heteroatoms. The zero-order valence-electron chi connectivity index (χ0n) is 18.9. The molecule has 2 aliphatic rings. The third kappa shape index (κ3) is 5.20. The van der Waals surface area contributed by atoms with Crippen molar-refractivity contribution in [2.24, 2.45) is 0 Å². The predicted octanol–water partition coefficient (Wildman–Crippen LogP) is 2.22. The van der Waals surface area contributed by atoms with Gasteiger partial charge in [-0.3, -0.25) is 9.69 Å². The van der Waals surface area contributed by atoms with Crippen LogP contribution < -0.4 is 14.5 Å². The summed E-state index contributed by atoms with van der Waals surface area (Å²) in [5.41, 5.74) is 1.78. The van der Waals surface area contributed by atoms with Crippen molar-refractivity contribution in [3.05, 3.63) is 54.6 Å². The van der Waals surface area contributed by atoms with E-state index in [0.717, 1.165) is 5.69 Å². The molecular weight excluding hydrogens is 459 g/mol. The lowest BCUT2D eigenvalue weighted by atomic mass is 10.2. The Morgan fingerprint density at radius 1 is 1.23 bits per heavy atom. The average molecular weight is 484 g/mol. The zero-order chi connectivity index (χ0) is 24.2. The summed E-state index contributed by atoms with van der Waals surface area (Å²) < 4.78 is 30.5. The van der Waals surface area contributed by atoms with Crippen molar-refractivity contribution in [1.29, 1.82) is 0 Å². The van der Waals surface area contributed by atoms with E-state index in [9.17, 15) is 9.59 Å². The fraction of sp³-hybridized carbons (Fsp3) is 0.391. The number of anilines is 2. The van der Waals surface area contributed by atoms with E-state index in [2.05, 4.69) is 15.1 Å². The Morgan fingerprint density at radius 2 is 2.09 bits per heavy atom. The summed E-state index contributed by atoms with van der Waals surface area (Å²) in [5.74, 6) is -0.0594. The third-order valence-corrected chi connectivity index (χ3v) is 6.08. The van der Waals surface area contributed by atoms with Gasteiger partial charge in [-0.05, 0) is 29.8 Å². The molecule has 35 heavy (non-hydrogen) atoms. The van der Waals surface area contributed by atoms with Crippen molar-refractivity contribution in [2.45, 2.75) is 18.9 Å². The molecule has 0 spiro atoms. The average Bonchev–Trinajstić information content (AvgIpc) is 3.64. The van der Waals surface area contributed by atoms with Gasteiger partial charge in [-0.2, -0.15) is 0 Å². The molecule has 3 aromatic rings. The van der Waals surface area contributed by atoms with Crippen molar-refractivity contribution in [3.8, 4) is 5.88 Å². The molecular formula is C23H25FN6O5. The van der Waals surface area contributed by atoms with Crippen LogP contribution in [0.2, 0.25) is 0 Å². The molecule has 1 atom stereocenters. The Kier molecular flexibility index (Phi) is 6.51. The standard InChI is InChI=1S/C23H25FN6O5/c24-19-11-17(30-13-18(35-23(30)32)14-33-21-5-10-34-27-21)2-3-20(19)28-6-8-29(9-7-28)22(31)4-1-16-12-25-15-26-16/h2-3,5,10-12,15,18H,1,4,6-9,13-14H2,(H,25,26)/t18-/m1/s1. The van der Waals surface area contributed by atoms with Gasteiger partial charge >= 0.3 is 6.09 Å². The number of aromatic nitrogens is 3. The molecule has 2 fully saturated rings. The lowest BCUT2D eigenvalue weighted by Gasteiger charge is -2.36. The van der Waals surface area contributed by atoms with Crippen molar-refractivity contribution in [2.75, 3.05) is 49.1 Å². The first kappa shape index (κ1) is 22.7. The highest BCUT2D eigenvalue weighted by atomic mass is 19.1. The highest BCUT2D eigenvalue weighted by molar-refractivity contribution is 5.90. The van der Waals surface area contributed by atoms with Gasteiger partial charge in [-0.1, -0.05) is 0 Å². The number of nitrogens with one attached hydrogen (secondary N) is 1. The van der Waals surface area contributed by atoms with Gasteiger partial charge < -0.3 is 28.8 Å². The van der Waals surface area contributed by atoms with Gasteiger partial charge in [-0.25, -0.2) is 14.2 Å². The largest absolute Gasteiger partial charge is 0.471 e. The topological polar surface area (TPSA) is 117 Å². The monoisotopic (exact) mass is 484 g/mol. The predicted molar refractivity (Wildman–Crippen MR) is 122 cm³/mol. The molecule has 1 aromatic carbocycles. The quantitative estimate of drug-likeness (QED) is 0.517. The van der Waals surface area contributed by atoms with Crippen LogP contribution in [0.5, 0.6) is 5.88 Å². The molecule has 184 valence electrons. The summed E-state index contributed by atoms with van der Waals surface area (Å²) >= 11 is 0. The first-order chi connectivity index (χ1) is 17.1. The first-order valence-corrected chi connectivity index (χ1v) is 11.4. The summed E-state index contributed by atoms with van der Waals surface area (Å²) in [6.45, 7) is 2.44. The van der Waals surface area contributed by atoms with Crippen LogP contribution in [-0.2, 0) is 16.0 Å². The second-order valence-corrected chi connectivity index (χ2v) is 8.35. The van der Waals surface area contributed by atoms with E-state index in [1.165, 1.54) is 17.2 Å². The minimum atomic E-state index is -0.562. The molecule has 0 unspecified atom stereocenters. The Bertz CT molecular complexity index is 1150. The van der Waals surface area contributed by atoms with E-state index in [4.69, 9.17) is 14.0 Å². The number of carbonyl (C=O) groups excluding carboxylic acids is 2. The Labute approximate surface area is 200 Å². The van der Waals surface area contributed by atoms with Gasteiger partial charge in [0, 0.05) is 50.6 Å². The van der Waals surface area contributed by atoms with Crippen LogP contribution in [0.4, 0.5) is 20.6 Å². The number of aromatic amines is 1. The maximum atomic E-state index is 15.0. The Morgan fingerprint density at radius 3 is 2.80 bits per heavy atom. The lowest BCUT2D eigenvalue weighted by Crippen LogP contribution is -2.49. The summed E-state index contributed by atoms with van der Waals surface area (Å²) in [6.07, 6.45) is 4.63. The van der Waals surface area contributed by atoms with E-state index in [1.807, 2.05) is 4.90 Å². The first-order valence-electron chi connectivity index (χ1n) is 11.4. The third-order valence-electron chi connectivity index (χ3n) is 6.08. The van der Waals surface area contributed by atoms with Gasteiger partial charge in [0.1, 0.15) is 18.7 Å². The van der Waals surface area contributed by atoms with Gasteiger partial charge in [0.05, 0.1) is 24.2 Å². The number of nitrogens with zero attached hydrogens (tertiary/aromatic N) is 5. The normalized spacial score (nSPS) is 18.1. The fourth-order valence-corrected chi connectivity index (χ4v) is 4.21. The Hall–Kier alpha value is -4.09. The summed E-state index contributed by atoms with van der Waals surface area (Å²) in [4.78, 5) is 36.9. The van der Waals surface area contributed by atoms with Gasteiger partial charge in [-0.15, -0.1) is 0 Å². The van der Waals surface area contributed by atoms with E-state index in [1.54, 1.807) is 35.6 Å². The van der Waals surface area contributed by atoms with Gasteiger partial charge in [0.2, 0.25) is 5.91 Å². The SMILES string of the molecule is O=C(CCc1cnc[nH]1)N1CCN(c2ccc(N3C[C@H](COc4ccon4)OC3=O)cc2F)CC1. The van der Waals surface area contributed by atoms with E-state index >= 15 is 4.39 Å². The van der Waals surface area contributed by atoms with Gasteiger partial charge in [0.15, 0.2) is 6.10 Å². The molecule has 1 N–H and O–H groups in total. The maximum Gasteiger partial charge on any atom is 0.414 e. The number of H-pyrrole nitrogens is 1. The second-order valence-electron chi connectivity index (χ2n) is 8.35. The smallest absolute Gasteiger partial charge is 0.414 e. The number of piperazine rings is 1. The minimum Gasteiger partial charge on any atom is -0.471 e. The van der Waals surface area contributed by atoms with Crippen molar-refractivity contribution in [1.82, 2.24) is 20.0 Å². The summed E-state index contributed by atoms with van der Waals surface area (Å²) in [7, 11) is 0. The molecule has 0 bridgehead atoms. The molecule has 4 heterocycles. The van der Waals surface area contributed by atoms with Crippen molar-refractivity contribution >= 4 is 23.4 Å². The number of amides is 2. The molecule has 2 aliphatic heterocycles. The van der Waals surface area contributed by atoms with E-state index in [0.29, 0.717) is 56.3 Å². The van der Waals surface area contributed by atoms with Crippen LogP contribution in [0.1, 0.15) is 12.1 Å². The number of rotatable bonds is 8. The van der Waals surface area contributed by atoms with Crippen molar-refractivity contribution < 1.29 is 28.0 Å². The molecule has 0 saturated carbocycles. The summed E-state index contributed by atoms with van der Waals surface area (Å²) in [5, 5.41) is 3.64. The molecule has 5 rings (SSSR count). The number of benzene rings is 1. The minimum absolute atomic E-state index is 0.0738. The number of ether oxygens (including phenoxy) is 2. The van der Waals surface area contributed by atoms with E-state index in [-0.39, 0.29) is 19.1 Å². The number of hydrogen-bond donors (Lipinski definition) is 1. The van der Waals surface area contributed by atoms with Crippen LogP contribution in [0, 0.1) is 5.82 Å². The van der Waals surface area contributed by atoms with Gasteiger partial charge in [0.25, 0.3) is 5.88 Å². The molecule has 2 aromatic heterocycles. The van der Waals surface area contributed by atoms with Crippen LogP contribution in [-0.4, -0.2) is 77.5 Å². The maximum absolute atomic E-state index is 15.0. The number of aryl methyl sites for hydroxylation is 1. The fourth-order valence-electron chi connectivity index (χ4n) is 4.21. The van der Waals surface area contributed by atoms with E-state index < -0.39 is 18.0 Å². The molecule has 2 saturated heterocycles. The van der Waals surface area contributed by atoms with Crippen molar-refractivity contribution in [3.63, 3.8) is 0 Å². The Balaban J connectivity index is 1.14. The molecule has 0 radical (unpaired) electrons. The molecule has 0 aliphatic carbocycles. The zero-order valence-corrected chi connectivity index (χ0v) is 18.9.